The van der Waals surface area contributed by atoms with Crippen molar-refractivity contribution in [3.05, 3.63) is 0 Å². The molecule has 2 aliphatic rings. The van der Waals surface area contributed by atoms with Crippen LogP contribution in [0.5, 0.6) is 0 Å². The number of piperazine rings is 2. The molecule has 2 fully saturated rings. The minimum atomic E-state index is 0.393. The van der Waals surface area contributed by atoms with Gasteiger partial charge in [0, 0.05) is 25.2 Å². The summed E-state index contributed by atoms with van der Waals surface area (Å²) in [5, 5.41) is 13.9. The highest BCUT2D eigenvalue weighted by molar-refractivity contribution is 4.92. The molecule has 0 bridgehead atoms. The van der Waals surface area contributed by atoms with Crippen LogP contribution in [0.15, 0.2) is 0 Å². The Labute approximate surface area is 73.5 Å². The second-order valence-electron chi connectivity index (χ2n) is 3.91. The van der Waals surface area contributed by atoms with Crippen molar-refractivity contribution in [2.45, 2.75) is 38.3 Å². The third-order valence-electron chi connectivity index (χ3n) is 2.55. The molecule has 2 heterocycles. The smallest absolute Gasteiger partial charge is 0.0869 e. The van der Waals surface area contributed by atoms with Crippen molar-refractivity contribution < 1.29 is 0 Å². The van der Waals surface area contributed by atoms with Gasteiger partial charge >= 0.3 is 0 Å². The Bertz CT molecular complexity index is 143. The van der Waals surface area contributed by atoms with Gasteiger partial charge in [0.25, 0.3) is 0 Å². The zero-order valence-corrected chi connectivity index (χ0v) is 7.72. The highest BCUT2D eigenvalue weighted by atomic mass is 15.3. The van der Waals surface area contributed by atoms with Crippen LogP contribution in [0, 0.1) is 0 Å². The van der Waals surface area contributed by atoms with E-state index in [0.717, 1.165) is 13.1 Å². The standard InChI is InChI=1S/C8H18N4/c1-5-3-9-8-7(11-5)10-4-6(2)12-8/h5-12H,3-4H2,1-2H3/t5-,6-,7-,8+/m0/s1. The van der Waals surface area contributed by atoms with E-state index in [9.17, 15) is 0 Å². The summed E-state index contributed by atoms with van der Waals surface area (Å²) in [4.78, 5) is 0. The first-order chi connectivity index (χ1) is 5.75. The van der Waals surface area contributed by atoms with Gasteiger partial charge in [-0.2, -0.15) is 0 Å². The van der Waals surface area contributed by atoms with Gasteiger partial charge in [0.2, 0.25) is 0 Å². The lowest BCUT2D eigenvalue weighted by atomic mass is 10.1. The molecule has 2 saturated heterocycles. The number of hydrogen-bond acceptors (Lipinski definition) is 4. The van der Waals surface area contributed by atoms with Crippen LogP contribution in [-0.4, -0.2) is 37.5 Å². The third kappa shape index (κ3) is 1.61. The molecular formula is C8H18N4. The third-order valence-corrected chi connectivity index (χ3v) is 2.55. The summed E-state index contributed by atoms with van der Waals surface area (Å²) in [5.74, 6) is 0. The minimum Gasteiger partial charge on any atom is -0.298 e. The van der Waals surface area contributed by atoms with Crippen molar-refractivity contribution in [2.24, 2.45) is 0 Å². The van der Waals surface area contributed by atoms with Crippen LogP contribution in [0.3, 0.4) is 0 Å². The predicted octanol–water partition coefficient (Wildman–Crippen LogP) is -1.20. The zero-order valence-electron chi connectivity index (χ0n) is 7.72. The van der Waals surface area contributed by atoms with Crippen LogP contribution in [0.25, 0.3) is 0 Å². The van der Waals surface area contributed by atoms with E-state index in [4.69, 9.17) is 0 Å². The van der Waals surface area contributed by atoms with Crippen molar-refractivity contribution in [1.29, 1.82) is 0 Å². The Balaban J connectivity index is 1.94. The fourth-order valence-corrected chi connectivity index (χ4v) is 1.88. The lowest BCUT2D eigenvalue weighted by Crippen LogP contribution is -2.74. The fourth-order valence-electron chi connectivity index (χ4n) is 1.88. The van der Waals surface area contributed by atoms with Crippen LogP contribution in [0.4, 0.5) is 0 Å². The molecular weight excluding hydrogens is 152 g/mol. The molecule has 0 radical (unpaired) electrons. The maximum atomic E-state index is 3.50. The van der Waals surface area contributed by atoms with Crippen molar-refractivity contribution in [3.63, 3.8) is 0 Å². The molecule has 0 unspecified atom stereocenters. The highest BCUT2D eigenvalue weighted by Crippen LogP contribution is 2.02. The molecule has 4 N–H and O–H groups in total. The largest absolute Gasteiger partial charge is 0.298 e. The number of fused-ring (bicyclic) bond motifs is 1. The molecule has 12 heavy (non-hydrogen) atoms. The Hall–Kier alpha value is -0.160. The van der Waals surface area contributed by atoms with Crippen LogP contribution in [0.2, 0.25) is 0 Å². The molecule has 0 spiro atoms. The second-order valence-corrected chi connectivity index (χ2v) is 3.91. The van der Waals surface area contributed by atoms with E-state index in [-0.39, 0.29) is 0 Å². The monoisotopic (exact) mass is 170 g/mol. The molecule has 0 aromatic rings. The number of nitrogens with one attached hydrogen (secondary N) is 4. The first-order valence-electron chi connectivity index (χ1n) is 4.74. The molecule has 0 aliphatic carbocycles. The fraction of sp³-hybridized carbons (Fsp3) is 1.00. The first kappa shape index (κ1) is 8.44. The Kier molecular flexibility index (Phi) is 2.32. The number of rotatable bonds is 0. The van der Waals surface area contributed by atoms with E-state index in [1.54, 1.807) is 0 Å². The van der Waals surface area contributed by atoms with Gasteiger partial charge in [-0.15, -0.1) is 0 Å². The van der Waals surface area contributed by atoms with Crippen molar-refractivity contribution >= 4 is 0 Å². The summed E-state index contributed by atoms with van der Waals surface area (Å²) in [6, 6.07) is 1.13. The molecule has 4 heteroatoms. The SMILES string of the molecule is C[C@H]1CN[C@H]2N[C@@H](C)CN[C@@H]2N1. The van der Waals surface area contributed by atoms with Gasteiger partial charge in [-0.3, -0.25) is 21.3 Å². The van der Waals surface area contributed by atoms with E-state index >= 15 is 0 Å². The van der Waals surface area contributed by atoms with Crippen LogP contribution in [-0.2, 0) is 0 Å². The number of hydrogen-bond donors (Lipinski definition) is 4. The van der Waals surface area contributed by atoms with Gasteiger partial charge in [-0.1, -0.05) is 0 Å². The quantitative estimate of drug-likeness (QED) is 0.369. The van der Waals surface area contributed by atoms with Gasteiger partial charge < -0.3 is 0 Å². The van der Waals surface area contributed by atoms with Gasteiger partial charge in [-0.05, 0) is 13.8 Å². The maximum Gasteiger partial charge on any atom is 0.0869 e. The first-order valence-corrected chi connectivity index (χ1v) is 4.74. The van der Waals surface area contributed by atoms with E-state index in [2.05, 4.69) is 35.1 Å². The topological polar surface area (TPSA) is 48.1 Å². The van der Waals surface area contributed by atoms with Gasteiger partial charge in [0.15, 0.2) is 0 Å². The van der Waals surface area contributed by atoms with Crippen LogP contribution in [0.1, 0.15) is 13.8 Å². The molecule has 0 amide bonds. The zero-order chi connectivity index (χ0) is 8.55. The summed E-state index contributed by atoms with van der Waals surface area (Å²) >= 11 is 0. The predicted molar refractivity (Wildman–Crippen MR) is 48.8 cm³/mol. The summed E-state index contributed by atoms with van der Waals surface area (Å²) in [5.41, 5.74) is 0. The Morgan fingerprint density at radius 3 is 1.67 bits per heavy atom. The molecule has 0 aromatic heterocycles. The van der Waals surface area contributed by atoms with E-state index < -0.39 is 0 Å². The Morgan fingerprint density at radius 1 is 0.833 bits per heavy atom. The van der Waals surface area contributed by atoms with Gasteiger partial charge in [-0.25, -0.2) is 0 Å². The average molecular weight is 170 g/mol. The lowest BCUT2D eigenvalue weighted by Gasteiger charge is -2.43. The van der Waals surface area contributed by atoms with Gasteiger partial charge in [0.1, 0.15) is 0 Å². The van der Waals surface area contributed by atoms with E-state index in [1.165, 1.54) is 0 Å². The van der Waals surface area contributed by atoms with Crippen LogP contribution < -0.4 is 21.3 Å². The molecule has 0 aromatic carbocycles. The van der Waals surface area contributed by atoms with Crippen molar-refractivity contribution in [3.8, 4) is 0 Å². The van der Waals surface area contributed by atoms with Crippen LogP contribution >= 0.6 is 0 Å². The summed E-state index contributed by atoms with van der Waals surface area (Å²) in [6.07, 6.45) is 0.787. The average Bonchev–Trinajstić information content (AvgIpc) is 2.05. The molecule has 4 nitrogen and oxygen atoms in total. The minimum absolute atomic E-state index is 0.393. The van der Waals surface area contributed by atoms with E-state index in [0.29, 0.717) is 24.4 Å². The summed E-state index contributed by atoms with van der Waals surface area (Å²) in [6.45, 7) is 6.48. The maximum absolute atomic E-state index is 3.50. The summed E-state index contributed by atoms with van der Waals surface area (Å²) < 4.78 is 0. The second kappa shape index (κ2) is 3.30. The molecule has 70 valence electrons. The normalized spacial score (nSPS) is 48.5. The molecule has 4 atom stereocenters. The molecule has 2 rings (SSSR count). The summed E-state index contributed by atoms with van der Waals surface area (Å²) in [7, 11) is 0. The molecule has 2 aliphatic heterocycles. The lowest BCUT2D eigenvalue weighted by molar-refractivity contribution is 0.161. The van der Waals surface area contributed by atoms with Gasteiger partial charge in [0.05, 0.1) is 12.3 Å². The van der Waals surface area contributed by atoms with Crippen molar-refractivity contribution in [1.82, 2.24) is 21.3 Å². The van der Waals surface area contributed by atoms with Crippen molar-refractivity contribution in [2.75, 3.05) is 13.1 Å². The molecule has 0 saturated carbocycles. The van der Waals surface area contributed by atoms with E-state index in [1.807, 2.05) is 0 Å². The Morgan fingerprint density at radius 2 is 1.25 bits per heavy atom. The highest BCUT2D eigenvalue weighted by Gasteiger charge is 2.31.